The summed E-state index contributed by atoms with van der Waals surface area (Å²) in [6.07, 6.45) is 1.48. The number of hydrogen-bond donors (Lipinski definition) is 1. The zero-order chi connectivity index (χ0) is 19.4. The molecule has 1 aliphatic rings. The fourth-order valence-corrected chi connectivity index (χ4v) is 3.66. The Morgan fingerprint density at radius 2 is 2.04 bits per heavy atom. The van der Waals surface area contributed by atoms with E-state index in [1.807, 2.05) is 30.0 Å². The number of aliphatic carboxylic acids is 1. The number of hydrogen-bond acceptors (Lipinski definition) is 5. The van der Waals surface area contributed by atoms with E-state index in [0.29, 0.717) is 36.0 Å². The van der Waals surface area contributed by atoms with E-state index in [1.165, 1.54) is 0 Å². The van der Waals surface area contributed by atoms with Crippen molar-refractivity contribution in [1.29, 1.82) is 0 Å². The summed E-state index contributed by atoms with van der Waals surface area (Å²) in [6.45, 7) is 3.78. The highest BCUT2D eigenvalue weighted by Gasteiger charge is 2.29. The van der Waals surface area contributed by atoms with Gasteiger partial charge in [-0.1, -0.05) is 35.8 Å². The lowest BCUT2D eigenvalue weighted by atomic mass is 10.0. The van der Waals surface area contributed by atoms with Crippen molar-refractivity contribution >= 4 is 23.5 Å². The predicted molar refractivity (Wildman–Crippen MR) is 101 cm³/mol. The van der Waals surface area contributed by atoms with Gasteiger partial charge >= 0.3 is 5.97 Å². The van der Waals surface area contributed by atoms with Crippen molar-refractivity contribution in [3.05, 3.63) is 41.0 Å². The molecule has 8 heteroatoms. The summed E-state index contributed by atoms with van der Waals surface area (Å²) < 4.78 is 5.31. The number of benzene rings is 1. The summed E-state index contributed by atoms with van der Waals surface area (Å²) in [5.41, 5.74) is 0.943. The van der Waals surface area contributed by atoms with Gasteiger partial charge in [-0.15, -0.1) is 0 Å². The van der Waals surface area contributed by atoms with Gasteiger partial charge in [0, 0.05) is 30.8 Å². The highest BCUT2D eigenvalue weighted by Crippen LogP contribution is 2.28. The summed E-state index contributed by atoms with van der Waals surface area (Å²) in [6, 6.07) is 9.01. The second kappa shape index (κ2) is 8.54. The minimum atomic E-state index is -0.829. The van der Waals surface area contributed by atoms with E-state index in [4.69, 9.17) is 21.2 Å². The largest absolute Gasteiger partial charge is 0.480 e. The lowest BCUT2D eigenvalue weighted by Crippen LogP contribution is -2.48. The fraction of sp³-hybridized carbons (Fsp3) is 0.421. The summed E-state index contributed by atoms with van der Waals surface area (Å²) in [4.78, 5) is 27.4. The third-order valence-corrected chi connectivity index (χ3v) is 5.21. The lowest BCUT2D eigenvalue weighted by molar-refractivity contribution is -0.139. The molecule has 1 N–H and O–H groups in total. The smallest absolute Gasteiger partial charge is 0.317 e. The molecule has 0 saturated carbocycles. The van der Waals surface area contributed by atoms with Crippen molar-refractivity contribution in [2.24, 2.45) is 0 Å². The van der Waals surface area contributed by atoms with Gasteiger partial charge in [-0.2, -0.15) is 0 Å². The van der Waals surface area contributed by atoms with Gasteiger partial charge in [0.1, 0.15) is 0 Å². The standard InChI is InChI=1S/C19H22ClN3O4/c1-2-22(12-18(24)25)13-7-9-23(10-8-13)19(26)16-11-17(27-21-16)14-5-3-4-6-15(14)20/h3-6,11,13H,2,7-10,12H2,1H3,(H,24,25). The number of carboxylic acids is 1. The number of piperidine rings is 1. The van der Waals surface area contributed by atoms with Crippen LogP contribution in [-0.2, 0) is 4.79 Å². The van der Waals surface area contributed by atoms with Crippen LogP contribution in [0.25, 0.3) is 11.3 Å². The first kappa shape index (κ1) is 19.4. The van der Waals surface area contributed by atoms with Gasteiger partial charge in [0.2, 0.25) is 0 Å². The second-order valence-corrected chi connectivity index (χ2v) is 6.94. The third kappa shape index (κ3) is 4.48. The Morgan fingerprint density at radius 3 is 2.67 bits per heavy atom. The Balaban J connectivity index is 1.63. The number of aromatic nitrogens is 1. The van der Waals surface area contributed by atoms with Crippen LogP contribution in [0.3, 0.4) is 0 Å². The van der Waals surface area contributed by atoms with Crippen molar-refractivity contribution in [2.75, 3.05) is 26.2 Å². The van der Waals surface area contributed by atoms with E-state index >= 15 is 0 Å². The van der Waals surface area contributed by atoms with Crippen LogP contribution < -0.4 is 0 Å². The van der Waals surface area contributed by atoms with Crippen LogP contribution in [0.4, 0.5) is 0 Å². The summed E-state index contributed by atoms with van der Waals surface area (Å²) >= 11 is 6.16. The number of likely N-dealkylation sites (N-methyl/N-ethyl adjacent to an activating group) is 1. The van der Waals surface area contributed by atoms with Gasteiger partial charge < -0.3 is 14.5 Å². The number of nitrogens with zero attached hydrogens (tertiary/aromatic N) is 3. The Hall–Kier alpha value is -2.38. The maximum atomic E-state index is 12.7. The SMILES string of the molecule is CCN(CC(=O)O)C1CCN(C(=O)c2cc(-c3ccccc3Cl)on2)CC1. The molecule has 2 aromatic rings. The molecule has 1 aromatic carbocycles. The third-order valence-electron chi connectivity index (χ3n) is 4.88. The van der Waals surface area contributed by atoms with Crippen LogP contribution in [0.2, 0.25) is 5.02 Å². The minimum absolute atomic E-state index is 0.0274. The van der Waals surface area contributed by atoms with Crippen molar-refractivity contribution in [2.45, 2.75) is 25.8 Å². The van der Waals surface area contributed by atoms with Gasteiger partial charge in [-0.3, -0.25) is 14.5 Å². The van der Waals surface area contributed by atoms with Gasteiger partial charge in [0.05, 0.1) is 11.6 Å². The molecular formula is C19H22ClN3O4. The highest BCUT2D eigenvalue weighted by molar-refractivity contribution is 6.33. The van der Waals surface area contributed by atoms with Crippen LogP contribution in [0.1, 0.15) is 30.3 Å². The molecule has 0 spiro atoms. The zero-order valence-corrected chi connectivity index (χ0v) is 15.9. The lowest BCUT2D eigenvalue weighted by Gasteiger charge is -2.37. The van der Waals surface area contributed by atoms with Crippen molar-refractivity contribution < 1.29 is 19.2 Å². The number of likely N-dealkylation sites (tertiary alicyclic amines) is 1. The molecule has 3 rings (SSSR count). The highest BCUT2D eigenvalue weighted by atomic mass is 35.5. The number of carboxylic acid groups (broad SMARTS) is 1. The van der Waals surface area contributed by atoms with E-state index in [-0.39, 0.29) is 24.2 Å². The van der Waals surface area contributed by atoms with E-state index < -0.39 is 5.97 Å². The second-order valence-electron chi connectivity index (χ2n) is 6.54. The van der Waals surface area contributed by atoms with Gasteiger partial charge in [0.15, 0.2) is 11.5 Å². The summed E-state index contributed by atoms with van der Waals surface area (Å²) in [5.74, 6) is -0.556. The average Bonchev–Trinajstić information content (AvgIpc) is 3.16. The van der Waals surface area contributed by atoms with Crippen LogP contribution in [0.15, 0.2) is 34.9 Å². The molecule has 0 aliphatic carbocycles. The molecule has 1 aromatic heterocycles. The number of halogens is 1. The molecule has 0 atom stereocenters. The molecule has 1 fully saturated rings. The maximum Gasteiger partial charge on any atom is 0.317 e. The van der Waals surface area contributed by atoms with E-state index in [2.05, 4.69) is 5.16 Å². The first-order chi connectivity index (χ1) is 13.0. The molecular weight excluding hydrogens is 370 g/mol. The zero-order valence-electron chi connectivity index (χ0n) is 15.1. The van der Waals surface area contributed by atoms with Gasteiger partial charge in [0.25, 0.3) is 5.91 Å². The minimum Gasteiger partial charge on any atom is -0.480 e. The normalized spacial score (nSPS) is 15.3. The Morgan fingerprint density at radius 1 is 1.33 bits per heavy atom. The molecule has 27 heavy (non-hydrogen) atoms. The van der Waals surface area contributed by atoms with Crippen LogP contribution in [-0.4, -0.2) is 64.2 Å². The molecule has 7 nitrogen and oxygen atoms in total. The quantitative estimate of drug-likeness (QED) is 0.814. The van der Waals surface area contributed by atoms with Crippen LogP contribution >= 0.6 is 11.6 Å². The van der Waals surface area contributed by atoms with E-state index in [0.717, 1.165) is 12.8 Å². The van der Waals surface area contributed by atoms with Gasteiger partial charge in [-0.05, 0) is 31.5 Å². The number of carbonyl (C=O) groups is 2. The van der Waals surface area contributed by atoms with E-state index in [9.17, 15) is 9.59 Å². The molecule has 1 aliphatic heterocycles. The Bertz CT molecular complexity index is 815. The topological polar surface area (TPSA) is 86.9 Å². The first-order valence-corrected chi connectivity index (χ1v) is 9.34. The Labute approximate surface area is 162 Å². The molecule has 144 valence electrons. The molecule has 1 saturated heterocycles. The van der Waals surface area contributed by atoms with E-state index in [1.54, 1.807) is 17.0 Å². The Kier molecular flexibility index (Phi) is 6.13. The molecule has 1 amide bonds. The van der Waals surface area contributed by atoms with Crippen molar-refractivity contribution in [1.82, 2.24) is 15.0 Å². The predicted octanol–water partition coefficient (Wildman–Crippen LogP) is 3.01. The first-order valence-electron chi connectivity index (χ1n) is 8.96. The summed E-state index contributed by atoms with van der Waals surface area (Å²) in [5, 5.41) is 13.5. The monoisotopic (exact) mass is 391 g/mol. The molecule has 0 radical (unpaired) electrons. The summed E-state index contributed by atoms with van der Waals surface area (Å²) in [7, 11) is 0. The van der Waals surface area contributed by atoms with Crippen LogP contribution in [0.5, 0.6) is 0 Å². The number of rotatable bonds is 6. The molecule has 0 bridgehead atoms. The average molecular weight is 392 g/mol. The van der Waals surface area contributed by atoms with Gasteiger partial charge in [-0.25, -0.2) is 0 Å². The van der Waals surface area contributed by atoms with Crippen molar-refractivity contribution in [3.63, 3.8) is 0 Å². The molecule has 0 unspecified atom stereocenters. The number of amides is 1. The molecule has 2 heterocycles. The number of carbonyl (C=O) groups excluding carboxylic acids is 1. The fourth-order valence-electron chi connectivity index (χ4n) is 3.43. The van der Waals surface area contributed by atoms with Crippen LogP contribution in [0, 0.1) is 0 Å². The maximum absolute atomic E-state index is 12.7. The van der Waals surface area contributed by atoms with Crippen molar-refractivity contribution in [3.8, 4) is 11.3 Å².